The molecular weight excluding hydrogens is 376 g/mol. The number of aromatic nitrogens is 1. The third-order valence-electron chi connectivity index (χ3n) is 5.25. The lowest BCUT2D eigenvalue weighted by Gasteiger charge is -2.15. The lowest BCUT2D eigenvalue weighted by atomic mass is 10.1. The average molecular weight is 407 g/mol. The van der Waals surface area contributed by atoms with Crippen molar-refractivity contribution in [3.05, 3.63) is 65.9 Å². The van der Waals surface area contributed by atoms with Gasteiger partial charge in [-0.1, -0.05) is 50.1 Å². The van der Waals surface area contributed by atoms with Crippen molar-refractivity contribution in [2.24, 2.45) is 0 Å². The molecule has 0 unspecified atom stereocenters. The van der Waals surface area contributed by atoms with Crippen molar-refractivity contribution in [3.63, 3.8) is 0 Å². The predicted molar refractivity (Wildman–Crippen MR) is 121 cm³/mol. The van der Waals surface area contributed by atoms with E-state index in [9.17, 15) is 4.79 Å². The van der Waals surface area contributed by atoms with Gasteiger partial charge in [-0.2, -0.15) is 0 Å². The fourth-order valence-electron chi connectivity index (χ4n) is 3.63. The van der Waals surface area contributed by atoms with E-state index in [1.165, 1.54) is 0 Å². The van der Waals surface area contributed by atoms with E-state index in [2.05, 4.69) is 28.9 Å². The van der Waals surface area contributed by atoms with Crippen LogP contribution in [-0.2, 0) is 0 Å². The van der Waals surface area contributed by atoms with Gasteiger partial charge in [-0.15, -0.1) is 0 Å². The molecule has 1 aromatic heterocycles. The van der Waals surface area contributed by atoms with E-state index in [1.807, 2.05) is 49.4 Å². The minimum absolute atomic E-state index is 0.0417. The first-order valence-corrected chi connectivity index (χ1v) is 10.4. The summed E-state index contributed by atoms with van der Waals surface area (Å²) in [6, 6.07) is 17.8. The van der Waals surface area contributed by atoms with Gasteiger partial charge in [0.1, 0.15) is 0 Å². The zero-order valence-corrected chi connectivity index (χ0v) is 18.2. The van der Waals surface area contributed by atoms with Crippen LogP contribution < -0.4 is 14.8 Å². The Morgan fingerprint density at radius 3 is 2.37 bits per heavy atom. The molecule has 0 bridgehead atoms. The Kier molecular flexibility index (Phi) is 7.17. The number of nitrogens with zero attached hydrogens (tertiary/aromatic N) is 1. The highest BCUT2D eigenvalue weighted by molar-refractivity contribution is 5.97. The van der Waals surface area contributed by atoms with Crippen LogP contribution >= 0.6 is 0 Å². The van der Waals surface area contributed by atoms with Crippen LogP contribution in [0.4, 0.5) is 0 Å². The number of unbranched alkanes of at least 4 members (excludes halogenated alkanes) is 2. The van der Waals surface area contributed by atoms with E-state index < -0.39 is 0 Å². The van der Waals surface area contributed by atoms with Gasteiger partial charge >= 0.3 is 0 Å². The van der Waals surface area contributed by atoms with Crippen LogP contribution in [-0.4, -0.2) is 31.2 Å². The summed E-state index contributed by atoms with van der Waals surface area (Å²) in [6.07, 6.45) is 3.23. The normalized spacial score (nSPS) is 10.7. The molecule has 0 saturated heterocycles. The van der Waals surface area contributed by atoms with Crippen molar-refractivity contribution in [1.29, 1.82) is 0 Å². The van der Waals surface area contributed by atoms with E-state index >= 15 is 0 Å². The van der Waals surface area contributed by atoms with E-state index in [-0.39, 0.29) is 5.91 Å². The summed E-state index contributed by atoms with van der Waals surface area (Å²) in [5, 5.41) is 3.06. The van der Waals surface area contributed by atoms with Crippen molar-refractivity contribution in [2.45, 2.75) is 33.1 Å². The zero-order chi connectivity index (χ0) is 21.5. The van der Waals surface area contributed by atoms with E-state index in [1.54, 1.807) is 14.2 Å². The minimum Gasteiger partial charge on any atom is -0.493 e. The maximum absolute atomic E-state index is 12.9. The molecule has 0 radical (unpaired) electrons. The maximum atomic E-state index is 12.9. The molecule has 158 valence electrons. The molecule has 5 heteroatoms. The maximum Gasteiger partial charge on any atom is 0.253 e. The number of rotatable bonds is 9. The molecular formula is C25H30N2O3. The highest BCUT2D eigenvalue weighted by Crippen LogP contribution is 2.34. The van der Waals surface area contributed by atoms with Gasteiger partial charge in [0.25, 0.3) is 5.91 Å². The summed E-state index contributed by atoms with van der Waals surface area (Å²) in [7, 11) is 3.24. The van der Waals surface area contributed by atoms with Crippen LogP contribution in [0.15, 0.2) is 54.6 Å². The third kappa shape index (κ3) is 4.51. The number of nitrogens with one attached hydrogen (secondary N) is 1. The Morgan fingerprint density at radius 1 is 0.967 bits per heavy atom. The number of carbonyl (C=O) groups is 1. The highest BCUT2D eigenvalue weighted by Gasteiger charge is 2.20. The summed E-state index contributed by atoms with van der Waals surface area (Å²) in [5.74, 6) is 1.27. The van der Waals surface area contributed by atoms with Crippen LogP contribution in [0.1, 0.15) is 42.2 Å². The van der Waals surface area contributed by atoms with Crippen LogP contribution in [0, 0.1) is 6.92 Å². The molecule has 5 nitrogen and oxygen atoms in total. The first-order valence-electron chi connectivity index (χ1n) is 10.4. The van der Waals surface area contributed by atoms with Gasteiger partial charge in [0.2, 0.25) is 0 Å². The van der Waals surface area contributed by atoms with Crippen molar-refractivity contribution < 1.29 is 14.3 Å². The van der Waals surface area contributed by atoms with Crippen LogP contribution in [0.3, 0.4) is 0 Å². The molecule has 1 N–H and O–H groups in total. The minimum atomic E-state index is -0.0417. The standard InChI is InChI=1S/C25H30N2O3/c1-5-6-10-15-26-25(28)21-17-22(19-11-8-7-9-12-19)27(18(21)2)20-13-14-23(29-3)24(16-20)30-4/h7-9,11-14,16-17H,5-6,10,15H2,1-4H3,(H,26,28). The number of hydrogen-bond acceptors (Lipinski definition) is 3. The van der Waals surface area contributed by atoms with Crippen LogP contribution in [0.5, 0.6) is 11.5 Å². The number of amides is 1. The molecule has 0 fully saturated rings. The van der Waals surface area contributed by atoms with Gasteiger partial charge in [0, 0.05) is 24.0 Å². The summed E-state index contributed by atoms with van der Waals surface area (Å²) in [4.78, 5) is 12.9. The van der Waals surface area contributed by atoms with Gasteiger partial charge in [-0.3, -0.25) is 4.79 Å². The van der Waals surface area contributed by atoms with Gasteiger partial charge in [0.05, 0.1) is 25.5 Å². The van der Waals surface area contributed by atoms with Gasteiger partial charge in [0.15, 0.2) is 11.5 Å². The SMILES string of the molecule is CCCCCNC(=O)c1cc(-c2ccccc2)n(-c2ccc(OC)c(OC)c2)c1C. The second kappa shape index (κ2) is 10.0. The number of hydrogen-bond donors (Lipinski definition) is 1. The fourth-order valence-corrected chi connectivity index (χ4v) is 3.63. The molecule has 30 heavy (non-hydrogen) atoms. The molecule has 0 aliphatic rings. The first kappa shape index (κ1) is 21.5. The number of carbonyl (C=O) groups excluding carboxylic acids is 1. The topological polar surface area (TPSA) is 52.5 Å². The van der Waals surface area contributed by atoms with Crippen molar-refractivity contribution >= 4 is 5.91 Å². The molecule has 0 spiro atoms. The highest BCUT2D eigenvalue weighted by atomic mass is 16.5. The monoisotopic (exact) mass is 406 g/mol. The van der Waals surface area contributed by atoms with E-state index in [0.717, 1.165) is 41.9 Å². The smallest absolute Gasteiger partial charge is 0.253 e. The lowest BCUT2D eigenvalue weighted by molar-refractivity contribution is 0.0952. The quantitative estimate of drug-likeness (QED) is 0.485. The molecule has 2 aromatic carbocycles. The molecule has 0 aliphatic heterocycles. The summed E-state index contributed by atoms with van der Waals surface area (Å²) >= 11 is 0. The Morgan fingerprint density at radius 2 is 1.70 bits per heavy atom. The lowest BCUT2D eigenvalue weighted by Crippen LogP contribution is -2.24. The average Bonchev–Trinajstić information content (AvgIpc) is 3.13. The summed E-state index contributed by atoms with van der Waals surface area (Å²) in [5.41, 5.74) is 4.47. The van der Waals surface area contributed by atoms with Gasteiger partial charge in [-0.25, -0.2) is 0 Å². The molecule has 3 rings (SSSR count). The second-order valence-electron chi connectivity index (χ2n) is 7.23. The third-order valence-corrected chi connectivity index (χ3v) is 5.25. The van der Waals surface area contributed by atoms with Crippen molar-refractivity contribution in [3.8, 4) is 28.4 Å². The van der Waals surface area contributed by atoms with Gasteiger partial charge < -0.3 is 19.4 Å². The predicted octanol–water partition coefficient (Wildman–Crippen LogP) is 5.39. The van der Waals surface area contributed by atoms with E-state index in [0.29, 0.717) is 23.6 Å². The Balaban J connectivity index is 2.07. The van der Waals surface area contributed by atoms with E-state index in [4.69, 9.17) is 9.47 Å². The van der Waals surface area contributed by atoms with Crippen molar-refractivity contribution in [1.82, 2.24) is 9.88 Å². The molecule has 0 aliphatic carbocycles. The van der Waals surface area contributed by atoms with Crippen molar-refractivity contribution in [2.75, 3.05) is 20.8 Å². The number of benzene rings is 2. The second-order valence-corrected chi connectivity index (χ2v) is 7.23. The zero-order valence-electron chi connectivity index (χ0n) is 18.2. The molecule has 3 aromatic rings. The summed E-state index contributed by atoms with van der Waals surface area (Å²) in [6.45, 7) is 4.82. The molecule has 1 heterocycles. The Labute approximate surface area is 178 Å². The summed E-state index contributed by atoms with van der Waals surface area (Å²) < 4.78 is 13.0. The largest absolute Gasteiger partial charge is 0.493 e. The van der Waals surface area contributed by atoms with Crippen LogP contribution in [0.2, 0.25) is 0 Å². The fraction of sp³-hybridized carbons (Fsp3) is 0.320. The molecule has 0 saturated carbocycles. The molecule has 1 amide bonds. The van der Waals surface area contributed by atoms with Crippen LogP contribution in [0.25, 0.3) is 16.9 Å². The number of methoxy groups -OCH3 is 2. The Hall–Kier alpha value is -3.21. The molecule has 0 atom stereocenters. The van der Waals surface area contributed by atoms with Gasteiger partial charge in [-0.05, 0) is 37.1 Å². The Bertz CT molecular complexity index is 993. The first-order chi connectivity index (χ1) is 14.6. The number of ether oxygens (including phenoxy) is 2.